The largest absolute Gasteiger partial charge is 0.422 e. The van der Waals surface area contributed by atoms with Crippen LogP contribution < -0.4 is 10.5 Å². The molecule has 1 aliphatic rings. The Kier molecular flexibility index (Phi) is 3.59. The molecule has 6 heteroatoms. The van der Waals surface area contributed by atoms with E-state index in [1.54, 1.807) is 16.0 Å². The van der Waals surface area contributed by atoms with Crippen LogP contribution in [0.15, 0.2) is 52.5 Å². The Hall–Kier alpha value is -3.04. The number of allylic oxidation sites excluding steroid dienone is 1. The number of aromatic nitrogens is 2. The van der Waals surface area contributed by atoms with Gasteiger partial charge in [0.05, 0.1) is 22.9 Å². The Morgan fingerprint density at radius 1 is 1.24 bits per heavy atom. The van der Waals surface area contributed by atoms with E-state index in [1.165, 1.54) is 5.56 Å². The van der Waals surface area contributed by atoms with E-state index in [4.69, 9.17) is 10.5 Å². The fraction of sp³-hybridized carbons (Fsp3) is 0.158. The maximum atomic E-state index is 9.61. The first-order chi connectivity index (χ1) is 12.1. The van der Waals surface area contributed by atoms with Gasteiger partial charge in [0.25, 0.3) is 0 Å². The normalized spacial score (nSPS) is 16.3. The molecule has 4 rings (SSSR count). The molecule has 2 aromatic heterocycles. The van der Waals surface area contributed by atoms with Crippen LogP contribution in [0, 0.1) is 25.2 Å². The Morgan fingerprint density at radius 2 is 2.00 bits per heavy atom. The van der Waals surface area contributed by atoms with Crippen molar-refractivity contribution in [1.82, 2.24) is 9.78 Å². The number of hydrogen-bond acceptors (Lipinski definition) is 5. The lowest BCUT2D eigenvalue weighted by Gasteiger charge is -2.24. The van der Waals surface area contributed by atoms with Crippen molar-refractivity contribution >= 4 is 11.3 Å². The molecule has 0 unspecified atom stereocenters. The molecule has 2 N–H and O–H groups in total. The molecule has 3 aromatic rings. The molecular formula is C19H16N4OS. The lowest BCUT2D eigenvalue weighted by molar-refractivity contribution is 0.367. The smallest absolute Gasteiger partial charge is 0.229 e. The summed E-state index contributed by atoms with van der Waals surface area (Å²) in [5, 5.41) is 18.3. The van der Waals surface area contributed by atoms with E-state index in [9.17, 15) is 5.26 Å². The molecule has 124 valence electrons. The van der Waals surface area contributed by atoms with E-state index in [1.807, 2.05) is 54.9 Å². The number of rotatable bonds is 2. The molecular weight excluding hydrogens is 332 g/mol. The number of nitriles is 1. The van der Waals surface area contributed by atoms with Gasteiger partial charge in [0.15, 0.2) is 0 Å². The second kappa shape index (κ2) is 5.80. The van der Waals surface area contributed by atoms with Gasteiger partial charge in [-0.25, -0.2) is 4.68 Å². The molecule has 0 bridgehead atoms. The highest BCUT2D eigenvalue weighted by Gasteiger charge is 2.36. The van der Waals surface area contributed by atoms with Crippen LogP contribution in [0.2, 0.25) is 0 Å². The van der Waals surface area contributed by atoms with Gasteiger partial charge < -0.3 is 10.5 Å². The van der Waals surface area contributed by atoms with Gasteiger partial charge in [-0.3, -0.25) is 0 Å². The van der Waals surface area contributed by atoms with Crippen molar-refractivity contribution in [2.45, 2.75) is 19.8 Å². The van der Waals surface area contributed by atoms with Crippen molar-refractivity contribution in [3.8, 4) is 17.6 Å². The minimum Gasteiger partial charge on any atom is -0.422 e. The summed E-state index contributed by atoms with van der Waals surface area (Å²) < 4.78 is 7.59. The van der Waals surface area contributed by atoms with Crippen LogP contribution >= 0.6 is 11.3 Å². The predicted molar refractivity (Wildman–Crippen MR) is 96.7 cm³/mol. The summed E-state index contributed by atoms with van der Waals surface area (Å²) in [7, 11) is 0. The summed E-state index contributed by atoms with van der Waals surface area (Å²) in [4.78, 5) is 0. The third-order valence-electron chi connectivity index (χ3n) is 4.39. The minimum absolute atomic E-state index is 0.138. The number of thiophene rings is 1. The zero-order valence-electron chi connectivity index (χ0n) is 13.9. The van der Waals surface area contributed by atoms with E-state index >= 15 is 0 Å². The third-order valence-corrected chi connectivity index (χ3v) is 5.09. The Balaban J connectivity index is 1.94. The van der Waals surface area contributed by atoms with Gasteiger partial charge in [-0.05, 0) is 48.4 Å². The number of fused-ring (bicyclic) bond motifs is 1. The zero-order chi connectivity index (χ0) is 17.6. The molecule has 0 amide bonds. The van der Waals surface area contributed by atoms with Crippen LogP contribution in [0.25, 0.3) is 5.69 Å². The summed E-state index contributed by atoms with van der Waals surface area (Å²) in [6.45, 7) is 3.97. The summed E-state index contributed by atoms with van der Waals surface area (Å²) in [5.41, 5.74) is 11.3. The van der Waals surface area contributed by atoms with Gasteiger partial charge in [-0.2, -0.15) is 21.7 Å². The quantitative estimate of drug-likeness (QED) is 0.765. The van der Waals surface area contributed by atoms with E-state index in [0.717, 1.165) is 22.5 Å². The first-order valence-corrected chi connectivity index (χ1v) is 8.80. The van der Waals surface area contributed by atoms with Crippen LogP contribution in [0.5, 0.6) is 5.88 Å². The van der Waals surface area contributed by atoms with Crippen molar-refractivity contribution in [2.24, 2.45) is 5.73 Å². The first kappa shape index (κ1) is 15.5. The highest BCUT2D eigenvalue weighted by Crippen LogP contribution is 2.44. The Bertz CT molecular complexity index is 1010. The molecule has 3 heterocycles. The second-order valence-electron chi connectivity index (χ2n) is 6.03. The van der Waals surface area contributed by atoms with E-state index < -0.39 is 0 Å². The van der Waals surface area contributed by atoms with Crippen LogP contribution in [0.3, 0.4) is 0 Å². The lowest BCUT2D eigenvalue weighted by atomic mass is 9.85. The number of nitrogens with two attached hydrogens (primary N) is 1. The molecule has 0 spiro atoms. The summed E-state index contributed by atoms with van der Waals surface area (Å²) in [6, 6.07) is 12.3. The molecule has 1 aliphatic heterocycles. The fourth-order valence-corrected chi connectivity index (χ4v) is 3.83. The number of ether oxygens (including phenoxy) is 1. The molecule has 0 radical (unpaired) electrons. The monoisotopic (exact) mass is 348 g/mol. The molecule has 0 fully saturated rings. The number of aryl methyl sites for hydroxylation is 2. The molecule has 0 saturated heterocycles. The van der Waals surface area contributed by atoms with Gasteiger partial charge in [-0.15, -0.1) is 0 Å². The van der Waals surface area contributed by atoms with Crippen molar-refractivity contribution in [1.29, 1.82) is 5.26 Å². The lowest BCUT2D eigenvalue weighted by Crippen LogP contribution is -2.21. The van der Waals surface area contributed by atoms with Gasteiger partial charge in [0.2, 0.25) is 11.8 Å². The molecule has 25 heavy (non-hydrogen) atoms. The zero-order valence-corrected chi connectivity index (χ0v) is 14.7. The fourth-order valence-electron chi connectivity index (χ4n) is 3.15. The van der Waals surface area contributed by atoms with Gasteiger partial charge >= 0.3 is 0 Å². The predicted octanol–water partition coefficient (Wildman–Crippen LogP) is 3.77. The Labute approximate surface area is 149 Å². The minimum atomic E-state index is -0.251. The van der Waals surface area contributed by atoms with Gasteiger partial charge in [-0.1, -0.05) is 17.7 Å². The highest BCUT2D eigenvalue weighted by atomic mass is 32.1. The number of benzene rings is 1. The second-order valence-corrected chi connectivity index (χ2v) is 6.81. The molecule has 1 aromatic carbocycles. The standard InChI is InChI=1S/C19H16N4OS/c1-11-3-5-14(6-4-11)23-19-16(12(2)22-23)17(13-7-8-25-10-13)15(9-20)18(21)24-19/h3-8,10,17H,21H2,1-2H3/t17-/m0/s1. The van der Waals surface area contributed by atoms with Crippen LogP contribution in [0.4, 0.5) is 0 Å². The van der Waals surface area contributed by atoms with E-state index in [0.29, 0.717) is 11.5 Å². The SMILES string of the molecule is Cc1ccc(-n2nc(C)c3c2OC(N)=C(C#N)[C@@H]3c2ccsc2)cc1. The van der Waals surface area contributed by atoms with Crippen LogP contribution in [-0.4, -0.2) is 9.78 Å². The molecule has 1 atom stereocenters. The first-order valence-electron chi connectivity index (χ1n) is 7.86. The van der Waals surface area contributed by atoms with Crippen molar-refractivity contribution in [2.75, 3.05) is 0 Å². The molecule has 5 nitrogen and oxygen atoms in total. The molecule has 0 saturated carbocycles. The summed E-state index contributed by atoms with van der Waals surface area (Å²) >= 11 is 1.59. The van der Waals surface area contributed by atoms with Crippen molar-refractivity contribution < 1.29 is 4.74 Å². The summed E-state index contributed by atoms with van der Waals surface area (Å²) in [5.74, 6) is 0.465. The van der Waals surface area contributed by atoms with E-state index in [2.05, 4.69) is 11.2 Å². The Morgan fingerprint density at radius 3 is 2.64 bits per heavy atom. The number of nitrogens with zero attached hydrogens (tertiary/aromatic N) is 3. The third kappa shape index (κ3) is 2.41. The highest BCUT2D eigenvalue weighted by molar-refractivity contribution is 7.08. The average Bonchev–Trinajstić information content (AvgIpc) is 3.23. The van der Waals surface area contributed by atoms with Crippen LogP contribution in [-0.2, 0) is 0 Å². The average molecular weight is 348 g/mol. The van der Waals surface area contributed by atoms with E-state index in [-0.39, 0.29) is 11.8 Å². The topological polar surface area (TPSA) is 76.9 Å². The summed E-state index contributed by atoms with van der Waals surface area (Å²) in [6.07, 6.45) is 0. The maximum Gasteiger partial charge on any atom is 0.229 e. The van der Waals surface area contributed by atoms with Crippen molar-refractivity contribution in [3.05, 3.63) is 74.9 Å². The van der Waals surface area contributed by atoms with Gasteiger partial charge in [0.1, 0.15) is 11.6 Å². The maximum absolute atomic E-state index is 9.61. The molecule has 0 aliphatic carbocycles. The number of hydrogen-bond donors (Lipinski definition) is 1. The van der Waals surface area contributed by atoms with Crippen molar-refractivity contribution in [3.63, 3.8) is 0 Å². The van der Waals surface area contributed by atoms with Gasteiger partial charge in [0, 0.05) is 0 Å². The van der Waals surface area contributed by atoms with Crippen LogP contribution in [0.1, 0.15) is 28.3 Å².